The van der Waals surface area contributed by atoms with E-state index in [1.807, 2.05) is 0 Å². The molecular weight excluding hydrogens is 234 g/mol. The minimum absolute atomic E-state index is 0.205. The van der Waals surface area contributed by atoms with Gasteiger partial charge in [0.2, 0.25) is 0 Å². The summed E-state index contributed by atoms with van der Waals surface area (Å²) in [7, 11) is 0. The molecule has 1 aromatic rings. The smallest absolute Gasteiger partial charge is 0.123 e. The second kappa shape index (κ2) is 5.54. The molecule has 2 atom stereocenters. The van der Waals surface area contributed by atoms with E-state index in [0.717, 1.165) is 31.4 Å². The average Bonchev–Trinajstić information content (AvgIpc) is 2.69. The average molecular weight is 261 g/mol. The van der Waals surface area contributed by atoms with Gasteiger partial charge < -0.3 is 10.5 Å². The molecule has 0 aliphatic carbocycles. The molecule has 0 radical (unpaired) electrons. The number of ether oxygens (including phenoxy) is 1. The number of hydrogen-bond acceptors (Lipinski definition) is 2. The minimum Gasteiger partial charge on any atom is -0.490 e. The lowest BCUT2D eigenvalue weighted by molar-refractivity contribution is 0.208. The molecule has 2 nitrogen and oxygen atoms in total. The summed E-state index contributed by atoms with van der Waals surface area (Å²) in [6.07, 6.45) is 4.75. The van der Waals surface area contributed by atoms with E-state index in [1.165, 1.54) is 11.1 Å². The molecular formula is C17H27NO. The van der Waals surface area contributed by atoms with Gasteiger partial charge in [-0.2, -0.15) is 0 Å². The van der Waals surface area contributed by atoms with Crippen molar-refractivity contribution in [1.82, 2.24) is 0 Å². The fraction of sp³-hybridized carbons (Fsp3) is 0.647. The van der Waals surface area contributed by atoms with Gasteiger partial charge in [0.1, 0.15) is 11.9 Å². The first kappa shape index (κ1) is 14.4. The molecule has 2 heteroatoms. The van der Waals surface area contributed by atoms with E-state index in [9.17, 15) is 0 Å². The van der Waals surface area contributed by atoms with Crippen molar-refractivity contribution < 1.29 is 4.74 Å². The summed E-state index contributed by atoms with van der Waals surface area (Å²) in [6.45, 7) is 8.77. The number of nitrogens with two attached hydrogens (primary N) is 1. The molecule has 0 spiro atoms. The van der Waals surface area contributed by atoms with Crippen LogP contribution in [0.25, 0.3) is 0 Å². The molecule has 0 saturated carbocycles. The maximum absolute atomic E-state index is 6.20. The van der Waals surface area contributed by atoms with Crippen molar-refractivity contribution in [3.8, 4) is 5.75 Å². The Labute approximate surface area is 117 Å². The standard InChI is InChI=1S/C17H27NO/c1-12-8-9-15-13(10-12)11-14(19-15)6-5-7-16(18)17(2,3)4/h8-10,14,16H,5-7,11,18H2,1-4H3. The lowest BCUT2D eigenvalue weighted by atomic mass is 9.84. The van der Waals surface area contributed by atoms with E-state index >= 15 is 0 Å². The number of benzene rings is 1. The van der Waals surface area contributed by atoms with Crippen LogP contribution in [0.5, 0.6) is 5.75 Å². The van der Waals surface area contributed by atoms with Crippen LogP contribution in [0, 0.1) is 12.3 Å². The first-order valence-corrected chi connectivity index (χ1v) is 7.38. The maximum Gasteiger partial charge on any atom is 0.123 e. The zero-order chi connectivity index (χ0) is 14.0. The zero-order valence-electron chi connectivity index (χ0n) is 12.7. The number of rotatable bonds is 4. The van der Waals surface area contributed by atoms with Gasteiger partial charge in [-0.25, -0.2) is 0 Å². The molecule has 1 aliphatic rings. The summed E-state index contributed by atoms with van der Waals surface area (Å²) in [4.78, 5) is 0. The van der Waals surface area contributed by atoms with Gasteiger partial charge >= 0.3 is 0 Å². The van der Waals surface area contributed by atoms with E-state index in [4.69, 9.17) is 10.5 Å². The van der Waals surface area contributed by atoms with Crippen molar-refractivity contribution in [3.05, 3.63) is 29.3 Å². The highest BCUT2D eigenvalue weighted by molar-refractivity contribution is 5.40. The summed E-state index contributed by atoms with van der Waals surface area (Å²) in [6, 6.07) is 6.75. The van der Waals surface area contributed by atoms with Crippen LogP contribution >= 0.6 is 0 Å². The number of fused-ring (bicyclic) bond motifs is 1. The quantitative estimate of drug-likeness (QED) is 0.893. The van der Waals surface area contributed by atoms with E-state index < -0.39 is 0 Å². The van der Waals surface area contributed by atoms with Gasteiger partial charge in [0, 0.05) is 12.5 Å². The predicted molar refractivity (Wildman–Crippen MR) is 80.6 cm³/mol. The summed E-state index contributed by atoms with van der Waals surface area (Å²) in [5.74, 6) is 1.08. The van der Waals surface area contributed by atoms with Crippen LogP contribution in [0.3, 0.4) is 0 Å². The molecule has 19 heavy (non-hydrogen) atoms. The first-order chi connectivity index (χ1) is 8.86. The lowest BCUT2D eigenvalue weighted by Gasteiger charge is -2.27. The summed E-state index contributed by atoms with van der Waals surface area (Å²) in [5.41, 5.74) is 9.09. The Morgan fingerprint density at radius 3 is 2.79 bits per heavy atom. The Bertz CT molecular complexity index is 433. The SMILES string of the molecule is Cc1ccc2c(c1)CC(CCCC(N)C(C)(C)C)O2. The third-order valence-electron chi connectivity index (χ3n) is 4.11. The molecule has 1 heterocycles. The van der Waals surface area contributed by atoms with Gasteiger partial charge in [-0.1, -0.05) is 38.5 Å². The van der Waals surface area contributed by atoms with Crippen LogP contribution in [0.15, 0.2) is 18.2 Å². The third-order valence-corrected chi connectivity index (χ3v) is 4.11. The molecule has 0 saturated heterocycles. The Hall–Kier alpha value is -1.02. The summed E-state index contributed by atoms with van der Waals surface area (Å²) in [5, 5.41) is 0. The van der Waals surface area contributed by atoms with Crippen molar-refractivity contribution in [3.63, 3.8) is 0 Å². The van der Waals surface area contributed by atoms with E-state index in [-0.39, 0.29) is 11.5 Å². The molecule has 0 amide bonds. The van der Waals surface area contributed by atoms with Crippen LogP contribution in [-0.4, -0.2) is 12.1 Å². The van der Waals surface area contributed by atoms with Crippen molar-refractivity contribution in [2.45, 2.75) is 65.5 Å². The number of hydrogen-bond donors (Lipinski definition) is 1. The Morgan fingerprint density at radius 1 is 1.37 bits per heavy atom. The Balaban J connectivity index is 1.78. The van der Waals surface area contributed by atoms with E-state index in [1.54, 1.807) is 0 Å². The topological polar surface area (TPSA) is 35.2 Å². The van der Waals surface area contributed by atoms with Gasteiger partial charge in [0.15, 0.2) is 0 Å². The van der Waals surface area contributed by atoms with Crippen LogP contribution in [-0.2, 0) is 6.42 Å². The molecule has 2 unspecified atom stereocenters. The van der Waals surface area contributed by atoms with Crippen LogP contribution < -0.4 is 10.5 Å². The van der Waals surface area contributed by atoms with Gasteiger partial charge in [0.25, 0.3) is 0 Å². The highest BCUT2D eigenvalue weighted by Crippen LogP contribution is 2.31. The van der Waals surface area contributed by atoms with Gasteiger partial charge in [-0.3, -0.25) is 0 Å². The minimum atomic E-state index is 0.205. The van der Waals surface area contributed by atoms with Gasteiger partial charge in [-0.15, -0.1) is 0 Å². The Morgan fingerprint density at radius 2 is 2.11 bits per heavy atom. The molecule has 0 bridgehead atoms. The fourth-order valence-electron chi connectivity index (χ4n) is 2.61. The van der Waals surface area contributed by atoms with Gasteiger partial charge in [-0.05, 0) is 43.2 Å². The number of aryl methyl sites for hydroxylation is 1. The van der Waals surface area contributed by atoms with Crippen LogP contribution in [0.1, 0.15) is 51.2 Å². The fourth-order valence-corrected chi connectivity index (χ4v) is 2.61. The monoisotopic (exact) mass is 261 g/mol. The van der Waals surface area contributed by atoms with Crippen LogP contribution in [0.4, 0.5) is 0 Å². The third kappa shape index (κ3) is 3.73. The van der Waals surface area contributed by atoms with Crippen molar-refractivity contribution in [2.24, 2.45) is 11.1 Å². The highest BCUT2D eigenvalue weighted by atomic mass is 16.5. The second-order valence-electron chi connectivity index (χ2n) is 6.96. The molecule has 1 aliphatic heterocycles. The summed E-state index contributed by atoms with van der Waals surface area (Å²) >= 11 is 0. The van der Waals surface area contributed by atoms with Crippen molar-refractivity contribution >= 4 is 0 Å². The largest absolute Gasteiger partial charge is 0.490 e. The van der Waals surface area contributed by atoms with E-state index in [2.05, 4.69) is 45.9 Å². The first-order valence-electron chi connectivity index (χ1n) is 7.38. The highest BCUT2D eigenvalue weighted by Gasteiger charge is 2.24. The Kier molecular flexibility index (Phi) is 4.19. The molecule has 0 aromatic heterocycles. The van der Waals surface area contributed by atoms with E-state index in [0.29, 0.717) is 6.10 Å². The molecule has 106 valence electrons. The second-order valence-corrected chi connectivity index (χ2v) is 6.96. The van der Waals surface area contributed by atoms with Crippen molar-refractivity contribution in [1.29, 1.82) is 0 Å². The van der Waals surface area contributed by atoms with Gasteiger partial charge in [0.05, 0.1) is 0 Å². The van der Waals surface area contributed by atoms with Crippen molar-refractivity contribution in [2.75, 3.05) is 0 Å². The molecule has 0 fully saturated rings. The maximum atomic E-state index is 6.20. The lowest BCUT2D eigenvalue weighted by Crippen LogP contribution is -2.35. The normalized spacial score (nSPS) is 19.9. The van der Waals surface area contributed by atoms with Crippen LogP contribution in [0.2, 0.25) is 0 Å². The molecule has 2 rings (SSSR count). The summed E-state index contributed by atoms with van der Waals surface area (Å²) < 4.78 is 5.99. The predicted octanol–water partition coefficient (Wildman–Crippen LogP) is 3.84. The molecule has 1 aromatic carbocycles. The molecule has 2 N–H and O–H groups in total. The zero-order valence-corrected chi connectivity index (χ0v) is 12.7.